The van der Waals surface area contributed by atoms with E-state index in [2.05, 4.69) is 10.6 Å². The summed E-state index contributed by atoms with van der Waals surface area (Å²) in [7, 11) is 0. The fourth-order valence-electron chi connectivity index (χ4n) is 5.00. The monoisotopic (exact) mass is 369 g/mol. The predicted molar refractivity (Wildman–Crippen MR) is 106 cm³/mol. The van der Waals surface area contributed by atoms with Crippen molar-refractivity contribution in [2.24, 2.45) is 5.92 Å². The van der Waals surface area contributed by atoms with Gasteiger partial charge in [0.2, 0.25) is 5.91 Å². The van der Waals surface area contributed by atoms with Crippen molar-refractivity contribution in [1.82, 2.24) is 15.5 Å². The number of nitrogens with zero attached hydrogens (tertiary/aromatic N) is 1. The van der Waals surface area contributed by atoms with Crippen LogP contribution in [0.1, 0.15) is 60.9 Å². The van der Waals surface area contributed by atoms with Gasteiger partial charge in [-0.3, -0.25) is 9.59 Å². The SMILES string of the molecule is Cc1ccc(C(=O)N2CCC(NC(=O)CC3CC4CCC(C3)N4)CC2)cc1. The van der Waals surface area contributed by atoms with Gasteiger partial charge in [-0.05, 0) is 63.5 Å². The summed E-state index contributed by atoms with van der Waals surface area (Å²) in [5.74, 6) is 0.835. The molecular weight excluding hydrogens is 338 g/mol. The quantitative estimate of drug-likeness (QED) is 0.858. The van der Waals surface area contributed by atoms with Crippen LogP contribution in [0.4, 0.5) is 0 Å². The van der Waals surface area contributed by atoms with Crippen molar-refractivity contribution in [2.75, 3.05) is 13.1 Å². The van der Waals surface area contributed by atoms with Crippen LogP contribution in [0.3, 0.4) is 0 Å². The van der Waals surface area contributed by atoms with Crippen LogP contribution < -0.4 is 10.6 Å². The third kappa shape index (κ3) is 4.52. The molecule has 5 heteroatoms. The smallest absolute Gasteiger partial charge is 0.253 e. The fraction of sp³-hybridized carbons (Fsp3) is 0.636. The van der Waals surface area contributed by atoms with Gasteiger partial charge in [-0.1, -0.05) is 17.7 Å². The van der Waals surface area contributed by atoms with E-state index in [0.29, 0.717) is 24.4 Å². The van der Waals surface area contributed by atoms with Gasteiger partial charge >= 0.3 is 0 Å². The largest absolute Gasteiger partial charge is 0.353 e. The number of rotatable bonds is 4. The van der Waals surface area contributed by atoms with E-state index in [4.69, 9.17) is 0 Å². The Kier molecular flexibility index (Phi) is 5.48. The Bertz CT molecular complexity index is 667. The summed E-state index contributed by atoms with van der Waals surface area (Å²) >= 11 is 0. The van der Waals surface area contributed by atoms with E-state index < -0.39 is 0 Å². The van der Waals surface area contributed by atoms with Gasteiger partial charge in [0.25, 0.3) is 5.91 Å². The maximum absolute atomic E-state index is 12.6. The summed E-state index contributed by atoms with van der Waals surface area (Å²) in [6.45, 7) is 3.46. The van der Waals surface area contributed by atoms with Crippen molar-refractivity contribution in [3.05, 3.63) is 35.4 Å². The molecule has 0 saturated carbocycles. The summed E-state index contributed by atoms with van der Waals surface area (Å²) in [6.07, 6.45) is 7.20. The van der Waals surface area contributed by atoms with Crippen LogP contribution in [0, 0.1) is 12.8 Å². The second-order valence-electron chi connectivity index (χ2n) is 8.68. The zero-order valence-corrected chi connectivity index (χ0v) is 16.2. The van der Waals surface area contributed by atoms with Crippen LogP contribution in [-0.4, -0.2) is 47.9 Å². The highest BCUT2D eigenvalue weighted by Crippen LogP contribution is 2.32. The lowest BCUT2D eigenvalue weighted by atomic mass is 9.89. The number of carbonyl (C=O) groups excluding carboxylic acids is 2. The zero-order chi connectivity index (χ0) is 18.8. The molecule has 146 valence electrons. The molecule has 0 radical (unpaired) electrons. The lowest BCUT2D eigenvalue weighted by Crippen LogP contribution is -2.47. The molecule has 27 heavy (non-hydrogen) atoms. The second kappa shape index (κ2) is 8.01. The van der Waals surface area contributed by atoms with E-state index >= 15 is 0 Å². The average Bonchev–Trinajstić information content (AvgIpc) is 3.00. The van der Waals surface area contributed by atoms with E-state index in [0.717, 1.165) is 49.9 Å². The summed E-state index contributed by atoms with van der Waals surface area (Å²) in [4.78, 5) is 27.0. The first-order valence-corrected chi connectivity index (χ1v) is 10.5. The summed E-state index contributed by atoms with van der Waals surface area (Å²) in [6, 6.07) is 9.24. The molecule has 2 atom stereocenters. The minimum absolute atomic E-state index is 0.102. The van der Waals surface area contributed by atoms with Gasteiger partial charge in [-0.25, -0.2) is 0 Å². The summed E-state index contributed by atoms with van der Waals surface area (Å²) < 4.78 is 0. The lowest BCUT2D eigenvalue weighted by molar-refractivity contribution is -0.123. The minimum atomic E-state index is 0.102. The standard InChI is InChI=1S/C22H31N3O2/c1-15-2-4-17(5-3-15)22(27)25-10-8-18(9-11-25)24-21(26)14-16-12-19-6-7-20(13-16)23-19/h2-5,16,18-20,23H,6-14H2,1H3,(H,24,26). The molecule has 4 rings (SSSR count). The highest BCUT2D eigenvalue weighted by atomic mass is 16.2. The van der Waals surface area contributed by atoms with Crippen molar-refractivity contribution < 1.29 is 9.59 Å². The maximum atomic E-state index is 12.6. The molecule has 3 heterocycles. The number of aryl methyl sites for hydroxylation is 1. The average molecular weight is 370 g/mol. The molecule has 2 N–H and O–H groups in total. The molecule has 1 aromatic rings. The van der Waals surface area contributed by atoms with E-state index in [-0.39, 0.29) is 17.9 Å². The molecule has 3 aliphatic rings. The number of hydrogen-bond acceptors (Lipinski definition) is 3. The van der Waals surface area contributed by atoms with Crippen molar-refractivity contribution in [2.45, 2.75) is 70.0 Å². The Hall–Kier alpha value is -1.88. The van der Waals surface area contributed by atoms with Crippen LogP contribution in [0.25, 0.3) is 0 Å². The summed E-state index contributed by atoms with van der Waals surface area (Å²) in [5, 5.41) is 6.86. The Labute approximate surface area is 161 Å². The van der Waals surface area contributed by atoms with Crippen LogP contribution in [-0.2, 0) is 4.79 Å². The molecule has 1 aromatic carbocycles. The predicted octanol–water partition coefficient (Wildman–Crippen LogP) is 2.64. The van der Waals surface area contributed by atoms with Crippen LogP contribution in [0.2, 0.25) is 0 Å². The second-order valence-corrected chi connectivity index (χ2v) is 8.68. The van der Waals surface area contributed by atoms with Gasteiger partial charge in [0, 0.05) is 43.2 Å². The number of fused-ring (bicyclic) bond motifs is 2. The first-order valence-electron chi connectivity index (χ1n) is 10.5. The van der Waals surface area contributed by atoms with Gasteiger partial charge in [-0.15, -0.1) is 0 Å². The van der Waals surface area contributed by atoms with E-state index in [9.17, 15) is 9.59 Å². The molecule has 3 fully saturated rings. The van der Waals surface area contributed by atoms with E-state index in [1.165, 1.54) is 12.8 Å². The van der Waals surface area contributed by atoms with Crippen LogP contribution in [0.5, 0.6) is 0 Å². The molecular formula is C22H31N3O2. The van der Waals surface area contributed by atoms with E-state index in [1.54, 1.807) is 0 Å². The Morgan fingerprint density at radius 1 is 1.04 bits per heavy atom. The first-order chi connectivity index (χ1) is 13.1. The van der Waals surface area contributed by atoms with Gasteiger partial charge in [-0.2, -0.15) is 0 Å². The molecule has 2 bridgehead atoms. The van der Waals surface area contributed by atoms with Crippen LogP contribution in [0.15, 0.2) is 24.3 Å². The molecule has 2 unspecified atom stereocenters. The Balaban J connectivity index is 1.21. The lowest BCUT2D eigenvalue weighted by Gasteiger charge is -2.33. The zero-order valence-electron chi connectivity index (χ0n) is 16.2. The molecule has 0 aromatic heterocycles. The Morgan fingerprint density at radius 3 is 2.30 bits per heavy atom. The number of benzene rings is 1. The van der Waals surface area contributed by atoms with Gasteiger partial charge in [0.05, 0.1) is 0 Å². The molecule has 5 nitrogen and oxygen atoms in total. The fourth-order valence-corrected chi connectivity index (χ4v) is 5.00. The highest BCUT2D eigenvalue weighted by molar-refractivity contribution is 5.94. The number of hydrogen-bond donors (Lipinski definition) is 2. The summed E-state index contributed by atoms with van der Waals surface area (Å²) in [5.41, 5.74) is 1.92. The number of piperidine rings is 2. The number of nitrogens with one attached hydrogen (secondary N) is 2. The number of carbonyl (C=O) groups is 2. The number of likely N-dealkylation sites (tertiary alicyclic amines) is 1. The molecule has 3 aliphatic heterocycles. The van der Waals surface area contributed by atoms with Crippen molar-refractivity contribution in [3.63, 3.8) is 0 Å². The Morgan fingerprint density at radius 2 is 1.67 bits per heavy atom. The third-order valence-corrected chi connectivity index (χ3v) is 6.49. The molecule has 0 aliphatic carbocycles. The highest BCUT2D eigenvalue weighted by Gasteiger charge is 2.34. The molecule has 3 saturated heterocycles. The number of amides is 2. The van der Waals surface area contributed by atoms with Crippen molar-refractivity contribution in [1.29, 1.82) is 0 Å². The minimum Gasteiger partial charge on any atom is -0.353 e. The van der Waals surface area contributed by atoms with Gasteiger partial charge in [0.15, 0.2) is 0 Å². The maximum Gasteiger partial charge on any atom is 0.253 e. The normalized spacial score (nSPS) is 28.2. The first kappa shape index (κ1) is 18.5. The molecule has 0 spiro atoms. The van der Waals surface area contributed by atoms with Crippen LogP contribution >= 0.6 is 0 Å². The van der Waals surface area contributed by atoms with Crippen molar-refractivity contribution in [3.8, 4) is 0 Å². The van der Waals surface area contributed by atoms with Gasteiger partial charge < -0.3 is 15.5 Å². The van der Waals surface area contributed by atoms with E-state index in [1.807, 2.05) is 36.1 Å². The van der Waals surface area contributed by atoms with Crippen molar-refractivity contribution >= 4 is 11.8 Å². The third-order valence-electron chi connectivity index (χ3n) is 6.49. The molecule has 2 amide bonds. The topological polar surface area (TPSA) is 61.4 Å². The van der Waals surface area contributed by atoms with Gasteiger partial charge in [0.1, 0.15) is 0 Å².